The fourth-order valence-electron chi connectivity index (χ4n) is 1.39. The van der Waals surface area contributed by atoms with Crippen LogP contribution in [0.15, 0.2) is 18.2 Å². The van der Waals surface area contributed by atoms with Crippen molar-refractivity contribution in [2.75, 3.05) is 4.72 Å². The summed E-state index contributed by atoms with van der Waals surface area (Å²) in [7, 11) is -3.63. The Kier molecular flexibility index (Phi) is 4.10. The first kappa shape index (κ1) is 13.5. The molecule has 92 valence electrons. The van der Waals surface area contributed by atoms with Crippen LogP contribution >= 0.6 is 0 Å². The summed E-state index contributed by atoms with van der Waals surface area (Å²) >= 11 is 0. The van der Waals surface area contributed by atoms with Crippen LogP contribution in [0.3, 0.4) is 0 Å². The molecule has 2 N–H and O–H groups in total. The lowest BCUT2D eigenvalue weighted by Gasteiger charge is -2.13. The molecule has 0 saturated carbocycles. The number of hydrogen-bond donors (Lipinski definition) is 2. The highest BCUT2D eigenvalue weighted by molar-refractivity contribution is 7.90. The molecule has 0 unspecified atom stereocenters. The van der Waals surface area contributed by atoms with Crippen LogP contribution in [0.4, 0.5) is 5.69 Å². The molecular weight excluding hydrogens is 238 g/mol. The molecule has 1 rings (SSSR count). The maximum absolute atomic E-state index is 11.7. The molecule has 0 aliphatic heterocycles. The van der Waals surface area contributed by atoms with Crippen molar-refractivity contribution < 1.29 is 8.42 Å². The minimum Gasteiger partial charge on any atom is -0.270 e. The fraction of sp³-hybridized carbons (Fsp3) is 0.364. The monoisotopic (exact) mass is 253 g/mol. The van der Waals surface area contributed by atoms with E-state index in [1.54, 1.807) is 39.0 Å². The molecule has 6 heteroatoms. The molecule has 0 bridgehead atoms. The Bertz CT molecular complexity index is 544. The maximum Gasteiger partial charge on any atom is 0.299 e. The van der Waals surface area contributed by atoms with Crippen molar-refractivity contribution in [2.45, 2.75) is 26.8 Å². The van der Waals surface area contributed by atoms with Crippen molar-refractivity contribution in [3.8, 4) is 6.07 Å². The summed E-state index contributed by atoms with van der Waals surface area (Å²) in [4.78, 5) is 0. The number of hydrogen-bond acceptors (Lipinski definition) is 3. The zero-order valence-electron chi connectivity index (χ0n) is 9.98. The van der Waals surface area contributed by atoms with Crippen LogP contribution < -0.4 is 9.44 Å². The molecule has 0 spiro atoms. The Balaban J connectivity index is 3.05. The van der Waals surface area contributed by atoms with Gasteiger partial charge in [-0.15, -0.1) is 0 Å². The van der Waals surface area contributed by atoms with Gasteiger partial charge in [0.2, 0.25) is 0 Å². The standard InChI is InChI=1S/C11H15N3O2S/c1-8(2)13-17(15,16)14-11-6-4-5-9(3)10(11)7-12/h4-6,8,13-14H,1-3H3. The second kappa shape index (κ2) is 5.17. The molecule has 0 saturated heterocycles. The SMILES string of the molecule is Cc1cccc(NS(=O)(=O)NC(C)C)c1C#N. The maximum atomic E-state index is 11.7. The highest BCUT2D eigenvalue weighted by atomic mass is 32.2. The summed E-state index contributed by atoms with van der Waals surface area (Å²) < 4.78 is 28.1. The van der Waals surface area contributed by atoms with Gasteiger partial charge < -0.3 is 0 Å². The van der Waals surface area contributed by atoms with Crippen molar-refractivity contribution in [1.82, 2.24) is 4.72 Å². The summed E-state index contributed by atoms with van der Waals surface area (Å²) in [5.74, 6) is 0. The molecule has 1 aromatic carbocycles. The lowest BCUT2D eigenvalue weighted by atomic mass is 10.1. The van der Waals surface area contributed by atoms with E-state index in [4.69, 9.17) is 5.26 Å². The van der Waals surface area contributed by atoms with Crippen LogP contribution in [0.1, 0.15) is 25.0 Å². The number of nitrogens with one attached hydrogen (secondary N) is 2. The second-order valence-electron chi connectivity index (χ2n) is 3.99. The van der Waals surface area contributed by atoms with Crippen molar-refractivity contribution in [2.24, 2.45) is 0 Å². The predicted octanol–water partition coefficient (Wildman–Crippen LogP) is 1.52. The summed E-state index contributed by atoms with van der Waals surface area (Å²) in [5.41, 5.74) is 1.36. The van der Waals surface area contributed by atoms with E-state index in [2.05, 4.69) is 9.44 Å². The molecule has 1 aromatic rings. The molecule has 0 aliphatic rings. The quantitative estimate of drug-likeness (QED) is 0.853. The smallest absolute Gasteiger partial charge is 0.270 e. The van der Waals surface area contributed by atoms with Gasteiger partial charge in [0.05, 0.1) is 11.3 Å². The molecule has 0 amide bonds. The van der Waals surface area contributed by atoms with Gasteiger partial charge in [0.15, 0.2) is 0 Å². The van der Waals surface area contributed by atoms with Crippen LogP contribution in [0.2, 0.25) is 0 Å². The van der Waals surface area contributed by atoms with Gasteiger partial charge in [-0.05, 0) is 32.4 Å². The van der Waals surface area contributed by atoms with E-state index in [9.17, 15) is 8.42 Å². The summed E-state index contributed by atoms with van der Waals surface area (Å²) in [6.07, 6.45) is 0. The fourth-order valence-corrected chi connectivity index (χ4v) is 2.52. The summed E-state index contributed by atoms with van der Waals surface area (Å²) in [5, 5.41) is 8.97. The van der Waals surface area contributed by atoms with Gasteiger partial charge >= 0.3 is 0 Å². The van der Waals surface area contributed by atoms with E-state index in [1.807, 2.05) is 6.07 Å². The van der Waals surface area contributed by atoms with Crippen LogP contribution in [0, 0.1) is 18.3 Å². The lowest BCUT2D eigenvalue weighted by molar-refractivity contribution is 0.575. The molecule has 0 heterocycles. The minimum absolute atomic E-state index is 0.206. The van der Waals surface area contributed by atoms with E-state index in [-0.39, 0.29) is 6.04 Å². The number of nitriles is 1. The van der Waals surface area contributed by atoms with Crippen molar-refractivity contribution in [1.29, 1.82) is 5.26 Å². The number of benzene rings is 1. The average Bonchev–Trinajstić information content (AvgIpc) is 2.14. The first-order chi connectivity index (χ1) is 7.85. The third-order valence-electron chi connectivity index (χ3n) is 2.02. The van der Waals surface area contributed by atoms with E-state index in [1.165, 1.54) is 0 Å². The minimum atomic E-state index is -3.63. The van der Waals surface area contributed by atoms with Crippen molar-refractivity contribution >= 4 is 15.9 Å². The number of nitrogens with zero attached hydrogens (tertiary/aromatic N) is 1. The van der Waals surface area contributed by atoms with Crippen LogP contribution in [0.25, 0.3) is 0 Å². The predicted molar refractivity (Wildman–Crippen MR) is 66.7 cm³/mol. The number of anilines is 1. The van der Waals surface area contributed by atoms with Gasteiger partial charge in [-0.2, -0.15) is 18.4 Å². The van der Waals surface area contributed by atoms with E-state index in [0.717, 1.165) is 5.56 Å². The zero-order chi connectivity index (χ0) is 13.1. The Labute approximate surface area is 102 Å². The van der Waals surface area contributed by atoms with Gasteiger partial charge in [0.25, 0.3) is 10.2 Å². The topological polar surface area (TPSA) is 82.0 Å². The van der Waals surface area contributed by atoms with Crippen LogP contribution in [-0.2, 0) is 10.2 Å². The molecule has 0 aliphatic carbocycles. The van der Waals surface area contributed by atoms with Gasteiger partial charge in [-0.3, -0.25) is 4.72 Å². The van der Waals surface area contributed by atoms with Gasteiger partial charge in [0.1, 0.15) is 6.07 Å². The largest absolute Gasteiger partial charge is 0.299 e. The molecular formula is C11H15N3O2S. The summed E-state index contributed by atoms with van der Waals surface area (Å²) in [6.45, 7) is 5.20. The van der Waals surface area contributed by atoms with E-state index < -0.39 is 10.2 Å². The number of rotatable bonds is 4. The third kappa shape index (κ3) is 3.73. The average molecular weight is 253 g/mol. The first-order valence-electron chi connectivity index (χ1n) is 5.15. The van der Waals surface area contributed by atoms with Gasteiger partial charge in [0, 0.05) is 6.04 Å². The molecule has 0 atom stereocenters. The van der Waals surface area contributed by atoms with Crippen molar-refractivity contribution in [3.63, 3.8) is 0 Å². The number of aryl methyl sites for hydroxylation is 1. The second-order valence-corrected chi connectivity index (χ2v) is 5.43. The normalized spacial score (nSPS) is 11.2. The lowest BCUT2D eigenvalue weighted by Crippen LogP contribution is -2.35. The van der Waals surface area contributed by atoms with E-state index >= 15 is 0 Å². The first-order valence-corrected chi connectivity index (χ1v) is 6.64. The van der Waals surface area contributed by atoms with Gasteiger partial charge in [-0.1, -0.05) is 12.1 Å². The Morgan fingerprint density at radius 1 is 1.35 bits per heavy atom. The van der Waals surface area contributed by atoms with Crippen molar-refractivity contribution in [3.05, 3.63) is 29.3 Å². The van der Waals surface area contributed by atoms with E-state index in [0.29, 0.717) is 11.3 Å². The molecule has 5 nitrogen and oxygen atoms in total. The summed E-state index contributed by atoms with van der Waals surface area (Å²) in [6, 6.07) is 6.79. The highest BCUT2D eigenvalue weighted by Crippen LogP contribution is 2.19. The molecule has 17 heavy (non-hydrogen) atoms. The Hall–Kier alpha value is -1.58. The highest BCUT2D eigenvalue weighted by Gasteiger charge is 2.14. The third-order valence-corrected chi connectivity index (χ3v) is 3.29. The molecule has 0 aromatic heterocycles. The van der Waals surface area contributed by atoms with Gasteiger partial charge in [-0.25, -0.2) is 0 Å². The molecule has 0 fully saturated rings. The van der Waals surface area contributed by atoms with Crippen LogP contribution in [0.5, 0.6) is 0 Å². The zero-order valence-corrected chi connectivity index (χ0v) is 10.8. The van der Waals surface area contributed by atoms with Crippen LogP contribution in [-0.4, -0.2) is 14.5 Å². The Morgan fingerprint density at radius 3 is 2.53 bits per heavy atom. The Morgan fingerprint density at radius 2 is 2.00 bits per heavy atom. The molecule has 0 radical (unpaired) electrons.